The third-order valence-corrected chi connectivity index (χ3v) is 2.70. The normalized spacial score (nSPS) is 10.1. The number of anilines is 3. The minimum Gasteiger partial charge on any atom is -0.467 e. The van der Waals surface area contributed by atoms with E-state index >= 15 is 0 Å². The number of hydrogen-bond acceptors (Lipinski definition) is 7. The van der Waals surface area contributed by atoms with Gasteiger partial charge in [-0.2, -0.15) is 15.0 Å². The van der Waals surface area contributed by atoms with Crippen LogP contribution < -0.4 is 21.3 Å². The Morgan fingerprint density at radius 1 is 1.21 bits per heavy atom. The molecule has 2 aromatic rings. The summed E-state index contributed by atoms with van der Waals surface area (Å²) >= 11 is 6.12. The third-order valence-electron chi connectivity index (χ3n) is 2.39. The molecular formula is C11H13ClN6O. The molecule has 4 N–H and O–H groups in total. The molecule has 1 aromatic carbocycles. The average molecular weight is 281 g/mol. The van der Waals surface area contributed by atoms with E-state index in [0.29, 0.717) is 5.02 Å². The van der Waals surface area contributed by atoms with E-state index in [1.165, 1.54) is 7.11 Å². The predicted octanol–water partition coefficient (Wildman–Crippen LogP) is 1.87. The number of hydrazine groups is 1. The largest absolute Gasteiger partial charge is 0.467 e. The van der Waals surface area contributed by atoms with Crippen molar-refractivity contribution in [2.45, 2.75) is 6.92 Å². The SMILES string of the molecule is COc1nc(NN)nc(Nc2c(C)cccc2Cl)n1. The van der Waals surface area contributed by atoms with Crippen molar-refractivity contribution in [3.8, 4) is 6.01 Å². The molecule has 0 radical (unpaired) electrons. The zero-order chi connectivity index (χ0) is 13.8. The maximum atomic E-state index is 6.12. The van der Waals surface area contributed by atoms with Gasteiger partial charge in [0.2, 0.25) is 11.9 Å². The fraction of sp³-hybridized carbons (Fsp3) is 0.182. The maximum Gasteiger partial charge on any atom is 0.322 e. The Balaban J connectivity index is 2.37. The summed E-state index contributed by atoms with van der Waals surface area (Å²) in [6, 6.07) is 5.71. The van der Waals surface area contributed by atoms with Crippen molar-refractivity contribution in [1.82, 2.24) is 15.0 Å². The third kappa shape index (κ3) is 3.01. The first-order valence-electron chi connectivity index (χ1n) is 5.43. The van der Waals surface area contributed by atoms with Gasteiger partial charge < -0.3 is 10.1 Å². The number of halogens is 1. The van der Waals surface area contributed by atoms with E-state index in [-0.39, 0.29) is 17.9 Å². The summed E-state index contributed by atoms with van der Waals surface area (Å²) in [7, 11) is 1.46. The number of nitrogens with two attached hydrogens (primary N) is 1. The van der Waals surface area contributed by atoms with Crippen molar-refractivity contribution < 1.29 is 4.74 Å². The van der Waals surface area contributed by atoms with E-state index in [0.717, 1.165) is 11.3 Å². The summed E-state index contributed by atoms with van der Waals surface area (Å²) in [6.45, 7) is 1.93. The number of nitrogens with one attached hydrogen (secondary N) is 2. The minimum atomic E-state index is 0.148. The first-order chi connectivity index (χ1) is 9.13. The molecule has 0 aliphatic carbocycles. The highest BCUT2D eigenvalue weighted by molar-refractivity contribution is 6.33. The quantitative estimate of drug-likeness (QED) is 0.581. The summed E-state index contributed by atoms with van der Waals surface area (Å²) in [5, 5.41) is 3.59. The molecule has 0 spiro atoms. The average Bonchev–Trinajstić information content (AvgIpc) is 2.42. The van der Waals surface area contributed by atoms with Crippen molar-refractivity contribution in [1.29, 1.82) is 0 Å². The molecule has 0 unspecified atom stereocenters. The molecule has 0 amide bonds. The summed E-state index contributed by atoms with van der Waals surface area (Å²) in [5.74, 6) is 5.76. The predicted molar refractivity (Wildman–Crippen MR) is 73.7 cm³/mol. The highest BCUT2D eigenvalue weighted by Crippen LogP contribution is 2.27. The molecule has 0 saturated carbocycles. The number of aromatic nitrogens is 3. The summed E-state index contributed by atoms with van der Waals surface area (Å²) in [6.07, 6.45) is 0. The van der Waals surface area contributed by atoms with Gasteiger partial charge in [0.15, 0.2) is 0 Å². The van der Waals surface area contributed by atoms with Crippen LogP contribution in [-0.4, -0.2) is 22.1 Å². The number of para-hydroxylation sites is 1. The van der Waals surface area contributed by atoms with Gasteiger partial charge in [0.1, 0.15) is 0 Å². The molecule has 100 valence electrons. The second-order valence-corrected chi connectivity index (χ2v) is 4.08. The van der Waals surface area contributed by atoms with Gasteiger partial charge in [-0.1, -0.05) is 23.7 Å². The van der Waals surface area contributed by atoms with E-state index in [2.05, 4.69) is 25.7 Å². The van der Waals surface area contributed by atoms with Crippen LogP contribution in [0.4, 0.5) is 17.6 Å². The van der Waals surface area contributed by atoms with E-state index in [1.807, 2.05) is 19.1 Å². The van der Waals surface area contributed by atoms with Crippen LogP contribution in [0.3, 0.4) is 0 Å². The maximum absolute atomic E-state index is 6.12. The van der Waals surface area contributed by atoms with E-state index in [4.69, 9.17) is 22.2 Å². The first-order valence-corrected chi connectivity index (χ1v) is 5.80. The van der Waals surface area contributed by atoms with E-state index in [9.17, 15) is 0 Å². The Morgan fingerprint density at radius 2 is 1.95 bits per heavy atom. The second-order valence-electron chi connectivity index (χ2n) is 3.67. The van der Waals surface area contributed by atoms with Gasteiger partial charge >= 0.3 is 6.01 Å². The van der Waals surface area contributed by atoms with Crippen molar-refractivity contribution in [2.75, 3.05) is 17.9 Å². The topological polar surface area (TPSA) is 98.0 Å². The van der Waals surface area contributed by atoms with Gasteiger partial charge in [-0.05, 0) is 18.6 Å². The number of aryl methyl sites for hydroxylation is 1. The highest BCUT2D eigenvalue weighted by atomic mass is 35.5. The standard InChI is InChI=1S/C11H13ClN6O/c1-6-4-3-5-7(12)8(6)14-9-15-10(18-13)17-11(16-9)19-2/h3-5H,13H2,1-2H3,(H2,14,15,16,17,18). The molecule has 0 aliphatic heterocycles. The van der Waals surface area contributed by atoms with Crippen LogP contribution in [0, 0.1) is 6.92 Å². The number of nitrogens with zero attached hydrogens (tertiary/aromatic N) is 3. The van der Waals surface area contributed by atoms with Crippen molar-refractivity contribution in [2.24, 2.45) is 5.84 Å². The Morgan fingerprint density at radius 3 is 2.58 bits per heavy atom. The van der Waals surface area contributed by atoms with Crippen LogP contribution >= 0.6 is 11.6 Å². The fourth-order valence-corrected chi connectivity index (χ4v) is 1.74. The molecule has 0 bridgehead atoms. The van der Waals surface area contributed by atoms with Gasteiger partial charge in [0.05, 0.1) is 17.8 Å². The van der Waals surface area contributed by atoms with Gasteiger partial charge in [0, 0.05) is 0 Å². The lowest BCUT2D eigenvalue weighted by molar-refractivity contribution is 0.379. The van der Waals surface area contributed by atoms with Crippen LogP contribution in [0.1, 0.15) is 5.56 Å². The molecular weight excluding hydrogens is 268 g/mol. The number of nitrogen functional groups attached to an aromatic ring is 1. The molecule has 19 heavy (non-hydrogen) atoms. The zero-order valence-electron chi connectivity index (χ0n) is 10.4. The second kappa shape index (κ2) is 5.68. The number of hydrogen-bond donors (Lipinski definition) is 3. The summed E-state index contributed by atoms with van der Waals surface area (Å²) in [5.41, 5.74) is 4.03. The lowest BCUT2D eigenvalue weighted by atomic mass is 10.2. The Bertz CT molecular complexity index is 549. The summed E-state index contributed by atoms with van der Waals surface area (Å²) in [4.78, 5) is 12.0. The molecule has 0 saturated heterocycles. The van der Waals surface area contributed by atoms with E-state index in [1.54, 1.807) is 6.07 Å². The molecule has 0 atom stereocenters. The Kier molecular flexibility index (Phi) is 3.98. The molecule has 1 heterocycles. The molecule has 0 fully saturated rings. The number of rotatable bonds is 4. The smallest absolute Gasteiger partial charge is 0.322 e. The van der Waals surface area contributed by atoms with E-state index < -0.39 is 0 Å². The van der Waals surface area contributed by atoms with Crippen LogP contribution in [0.5, 0.6) is 6.01 Å². The van der Waals surface area contributed by atoms with Crippen LogP contribution in [-0.2, 0) is 0 Å². The van der Waals surface area contributed by atoms with Gasteiger partial charge in [-0.3, -0.25) is 5.43 Å². The summed E-state index contributed by atoms with van der Waals surface area (Å²) < 4.78 is 4.96. The molecule has 0 aliphatic rings. The van der Waals surface area contributed by atoms with Crippen molar-refractivity contribution in [3.05, 3.63) is 28.8 Å². The fourth-order valence-electron chi connectivity index (χ4n) is 1.47. The first kappa shape index (κ1) is 13.3. The Labute approximate surface area is 115 Å². The minimum absolute atomic E-state index is 0.148. The number of methoxy groups -OCH3 is 1. The van der Waals surface area contributed by atoms with Crippen molar-refractivity contribution >= 4 is 29.2 Å². The molecule has 8 heteroatoms. The van der Waals surface area contributed by atoms with Crippen LogP contribution in [0.25, 0.3) is 0 Å². The van der Waals surface area contributed by atoms with Gasteiger partial charge in [-0.25, -0.2) is 5.84 Å². The van der Waals surface area contributed by atoms with Gasteiger partial charge in [0.25, 0.3) is 0 Å². The highest BCUT2D eigenvalue weighted by Gasteiger charge is 2.09. The van der Waals surface area contributed by atoms with Crippen molar-refractivity contribution in [3.63, 3.8) is 0 Å². The lowest BCUT2D eigenvalue weighted by Crippen LogP contribution is -2.13. The Hall–Kier alpha value is -2.12. The monoisotopic (exact) mass is 280 g/mol. The van der Waals surface area contributed by atoms with Crippen LogP contribution in [0.2, 0.25) is 5.02 Å². The molecule has 2 rings (SSSR count). The van der Waals surface area contributed by atoms with Crippen LogP contribution in [0.15, 0.2) is 18.2 Å². The zero-order valence-corrected chi connectivity index (χ0v) is 11.2. The molecule has 7 nitrogen and oxygen atoms in total. The number of ether oxygens (including phenoxy) is 1. The number of benzene rings is 1. The molecule has 1 aromatic heterocycles. The lowest BCUT2D eigenvalue weighted by Gasteiger charge is -2.11. The van der Waals surface area contributed by atoms with Gasteiger partial charge in [-0.15, -0.1) is 0 Å².